The number of aromatic nitrogens is 3. The number of anilines is 1. The van der Waals surface area contributed by atoms with Gasteiger partial charge in [-0.05, 0) is 19.8 Å². The van der Waals surface area contributed by atoms with Gasteiger partial charge >= 0.3 is 0 Å². The summed E-state index contributed by atoms with van der Waals surface area (Å²) in [6, 6.07) is 0. The zero-order valence-corrected chi connectivity index (χ0v) is 7.17. The van der Waals surface area contributed by atoms with E-state index in [0.717, 1.165) is 36.9 Å². The van der Waals surface area contributed by atoms with Crippen molar-refractivity contribution in [1.82, 2.24) is 14.8 Å². The smallest absolute Gasteiger partial charge is 0.225 e. The third-order valence-electron chi connectivity index (χ3n) is 1.91. The fourth-order valence-corrected chi connectivity index (χ4v) is 1.37. The summed E-state index contributed by atoms with van der Waals surface area (Å²) in [5.41, 5.74) is 1.03. The zero-order chi connectivity index (χ0) is 8.55. The Kier molecular flexibility index (Phi) is 1.60. The van der Waals surface area contributed by atoms with E-state index >= 15 is 0 Å². The lowest BCUT2D eigenvalue weighted by Gasteiger charge is -2.00. The molecular formula is C8H12N4. The molecule has 12 heavy (non-hydrogen) atoms. The van der Waals surface area contributed by atoms with Crippen molar-refractivity contribution in [3.05, 3.63) is 18.1 Å². The molecule has 1 aliphatic rings. The highest BCUT2D eigenvalue weighted by Gasteiger charge is 2.11. The topological polar surface area (TPSA) is 42.7 Å². The first-order valence-corrected chi connectivity index (χ1v) is 4.12. The fraction of sp³-hybridized carbons (Fsp3) is 0.500. The van der Waals surface area contributed by atoms with Crippen molar-refractivity contribution < 1.29 is 0 Å². The van der Waals surface area contributed by atoms with Crippen LogP contribution in [0.1, 0.15) is 18.7 Å². The van der Waals surface area contributed by atoms with Crippen molar-refractivity contribution in [2.45, 2.75) is 26.3 Å². The van der Waals surface area contributed by atoms with Crippen molar-refractivity contribution in [3.63, 3.8) is 0 Å². The van der Waals surface area contributed by atoms with Gasteiger partial charge in [-0.25, -0.2) is 4.68 Å². The lowest BCUT2D eigenvalue weighted by Crippen LogP contribution is -2.02. The molecule has 0 saturated carbocycles. The Labute approximate surface area is 71.3 Å². The molecule has 0 unspecified atom stereocenters. The average molecular weight is 164 g/mol. The first-order valence-electron chi connectivity index (χ1n) is 4.12. The monoisotopic (exact) mass is 164 g/mol. The largest absolute Gasteiger partial charge is 0.329 e. The van der Waals surface area contributed by atoms with Gasteiger partial charge in [0.15, 0.2) is 0 Å². The number of fused-ring (bicyclic) bond motifs is 1. The van der Waals surface area contributed by atoms with Gasteiger partial charge in [-0.1, -0.05) is 6.58 Å². The van der Waals surface area contributed by atoms with Gasteiger partial charge in [-0.2, -0.15) is 10.1 Å². The van der Waals surface area contributed by atoms with Crippen LogP contribution in [0.15, 0.2) is 12.3 Å². The predicted octanol–water partition coefficient (Wildman–Crippen LogP) is 1.31. The van der Waals surface area contributed by atoms with Gasteiger partial charge < -0.3 is 5.32 Å². The third kappa shape index (κ3) is 1.20. The second-order valence-corrected chi connectivity index (χ2v) is 3.04. The predicted molar refractivity (Wildman–Crippen MR) is 46.8 cm³/mol. The highest BCUT2D eigenvalue weighted by Crippen LogP contribution is 2.15. The molecule has 0 amide bonds. The summed E-state index contributed by atoms with van der Waals surface area (Å²) >= 11 is 0. The van der Waals surface area contributed by atoms with Crippen molar-refractivity contribution in [2.75, 3.05) is 5.32 Å². The Bertz CT molecular complexity index is 313. The normalized spacial score (nSPS) is 16.6. The minimum Gasteiger partial charge on any atom is -0.329 e. The molecule has 4 nitrogen and oxygen atoms in total. The summed E-state index contributed by atoms with van der Waals surface area (Å²) in [5, 5.41) is 7.39. The van der Waals surface area contributed by atoms with Crippen LogP contribution < -0.4 is 5.32 Å². The van der Waals surface area contributed by atoms with Crippen LogP contribution in [0.5, 0.6) is 0 Å². The van der Waals surface area contributed by atoms with Crippen molar-refractivity contribution in [2.24, 2.45) is 0 Å². The molecule has 0 atom stereocenters. The zero-order valence-electron chi connectivity index (χ0n) is 7.17. The fourth-order valence-electron chi connectivity index (χ4n) is 1.37. The number of hydrogen-bond acceptors (Lipinski definition) is 3. The van der Waals surface area contributed by atoms with E-state index in [-0.39, 0.29) is 0 Å². The maximum atomic E-state index is 4.25. The molecule has 1 aliphatic heterocycles. The first-order chi connectivity index (χ1) is 5.75. The SMILES string of the molecule is C=C1CCCn2nc(C)nc2N1. The van der Waals surface area contributed by atoms with E-state index in [1.54, 1.807) is 0 Å². The van der Waals surface area contributed by atoms with Crippen molar-refractivity contribution in [3.8, 4) is 0 Å². The Hall–Kier alpha value is -1.32. The summed E-state index contributed by atoms with van der Waals surface area (Å²) in [6.07, 6.45) is 2.09. The van der Waals surface area contributed by atoms with Crippen molar-refractivity contribution in [1.29, 1.82) is 0 Å². The maximum Gasteiger partial charge on any atom is 0.225 e. The maximum absolute atomic E-state index is 4.25. The Morgan fingerprint density at radius 1 is 1.58 bits per heavy atom. The second-order valence-electron chi connectivity index (χ2n) is 3.04. The number of nitrogens with one attached hydrogen (secondary N) is 1. The van der Waals surface area contributed by atoms with Crippen LogP contribution in [0, 0.1) is 6.92 Å². The molecule has 4 heteroatoms. The highest BCUT2D eigenvalue weighted by molar-refractivity contribution is 5.34. The van der Waals surface area contributed by atoms with Gasteiger partial charge in [0.25, 0.3) is 0 Å². The third-order valence-corrected chi connectivity index (χ3v) is 1.91. The van der Waals surface area contributed by atoms with Gasteiger partial charge in [0, 0.05) is 12.2 Å². The van der Waals surface area contributed by atoms with Crippen LogP contribution in [0.3, 0.4) is 0 Å². The molecule has 0 aliphatic carbocycles. The molecule has 0 fully saturated rings. The van der Waals surface area contributed by atoms with Crippen LogP contribution in [0.2, 0.25) is 0 Å². The van der Waals surface area contributed by atoms with Crippen LogP contribution >= 0.6 is 0 Å². The molecule has 2 heterocycles. The lowest BCUT2D eigenvalue weighted by molar-refractivity contribution is 0.596. The van der Waals surface area contributed by atoms with E-state index in [2.05, 4.69) is 22.0 Å². The number of hydrogen-bond donors (Lipinski definition) is 1. The minimum absolute atomic E-state index is 0.812. The minimum atomic E-state index is 0.812. The van der Waals surface area contributed by atoms with E-state index in [0.29, 0.717) is 0 Å². The number of rotatable bonds is 0. The Balaban J connectivity index is 2.36. The molecule has 1 aromatic heterocycles. The average Bonchev–Trinajstić information content (AvgIpc) is 2.23. The van der Waals surface area contributed by atoms with Gasteiger partial charge in [0.2, 0.25) is 5.95 Å². The molecule has 64 valence electrons. The number of nitrogens with zero attached hydrogens (tertiary/aromatic N) is 3. The van der Waals surface area contributed by atoms with Crippen LogP contribution in [0.4, 0.5) is 5.95 Å². The van der Waals surface area contributed by atoms with E-state index < -0.39 is 0 Å². The molecule has 0 aromatic carbocycles. The molecular weight excluding hydrogens is 152 g/mol. The summed E-state index contributed by atoms with van der Waals surface area (Å²) in [4.78, 5) is 4.24. The summed E-state index contributed by atoms with van der Waals surface area (Å²) in [6.45, 7) is 6.72. The molecule has 1 N–H and O–H groups in total. The van der Waals surface area contributed by atoms with E-state index in [1.807, 2.05) is 11.6 Å². The van der Waals surface area contributed by atoms with Gasteiger partial charge in [0.1, 0.15) is 5.82 Å². The molecule has 1 aromatic rings. The quantitative estimate of drug-likeness (QED) is 0.628. The summed E-state index contributed by atoms with van der Waals surface area (Å²) < 4.78 is 1.90. The molecule has 0 saturated heterocycles. The standard InChI is InChI=1S/C8H12N4/c1-6-4-3-5-12-8(9-6)10-7(2)11-12/h1,3-5H2,2H3,(H,9,10,11). The highest BCUT2D eigenvalue weighted by atomic mass is 15.4. The van der Waals surface area contributed by atoms with Crippen LogP contribution in [0.25, 0.3) is 0 Å². The Morgan fingerprint density at radius 3 is 3.25 bits per heavy atom. The number of allylic oxidation sites excluding steroid dienone is 1. The summed E-state index contributed by atoms with van der Waals surface area (Å²) in [5.74, 6) is 1.64. The molecule has 0 spiro atoms. The van der Waals surface area contributed by atoms with E-state index in [4.69, 9.17) is 0 Å². The van der Waals surface area contributed by atoms with Crippen LogP contribution in [-0.4, -0.2) is 14.8 Å². The van der Waals surface area contributed by atoms with Gasteiger partial charge in [-0.15, -0.1) is 0 Å². The molecule has 0 bridgehead atoms. The van der Waals surface area contributed by atoms with E-state index in [9.17, 15) is 0 Å². The molecule has 0 radical (unpaired) electrons. The first kappa shape index (κ1) is 7.34. The Morgan fingerprint density at radius 2 is 2.42 bits per heavy atom. The van der Waals surface area contributed by atoms with Gasteiger partial charge in [0.05, 0.1) is 0 Å². The number of aryl methyl sites for hydroxylation is 2. The summed E-state index contributed by atoms with van der Waals surface area (Å²) in [7, 11) is 0. The van der Waals surface area contributed by atoms with Crippen LogP contribution in [-0.2, 0) is 6.54 Å². The second kappa shape index (κ2) is 2.62. The van der Waals surface area contributed by atoms with Gasteiger partial charge in [-0.3, -0.25) is 0 Å². The lowest BCUT2D eigenvalue weighted by atomic mass is 10.3. The molecule has 2 rings (SSSR count). The van der Waals surface area contributed by atoms with Crippen molar-refractivity contribution >= 4 is 5.95 Å². The van der Waals surface area contributed by atoms with E-state index in [1.165, 1.54) is 0 Å².